The van der Waals surface area contributed by atoms with Crippen LogP contribution in [-0.4, -0.2) is 27.8 Å². The Morgan fingerprint density at radius 3 is 2.38 bits per heavy atom. The molecule has 0 saturated carbocycles. The van der Waals surface area contributed by atoms with Crippen LogP contribution < -0.4 is 9.96 Å². The maximum atomic E-state index is 13.5. The highest BCUT2D eigenvalue weighted by molar-refractivity contribution is 6.23. The van der Waals surface area contributed by atoms with Gasteiger partial charge in [0.1, 0.15) is 5.92 Å². The summed E-state index contributed by atoms with van der Waals surface area (Å²) < 4.78 is 0. The summed E-state index contributed by atoms with van der Waals surface area (Å²) in [6.45, 7) is 1.92. The number of pyridine rings is 1. The Hall–Kier alpha value is -4.11. The maximum Gasteiger partial charge on any atom is 0.271 e. The minimum absolute atomic E-state index is 0.115. The first-order chi connectivity index (χ1) is 15.5. The standard InChI is InChI=1S/C23H18N4O5/c1-14-5-7-16(8-6-14)25-22(28)19-20(15-9-11-24-12-10-15)26(32-21(19)23(25)29)17-3-2-4-18(13-17)27(30)31/h2-13,19-21H,1H3/t19-,20-,21-/m0/s1. The van der Waals surface area contributed by atoms with Gasteiger partial charge < -0.3 is 0 Å². The van der Waals surface area contributed by atoms with E-state index < -0.39 is 28.9 Å². The Bertz CT molecular complexity index is 1210. The molecule has 2 aliphatic heterocycles. The van der Waals surface area contributed by atoms with Crippen molar-refractivity contribution in [2.75, 3.05) is 9.96 Å². The molecule has 3 aromatic rings. The fourth-order valence-corrected chi connectivity index (χ4v) is 4.23. The molecule has 9 nitrogen and oxygen atoms in total. The lowest BCUT2D eigenvalue weighted by molar-refractivity contribution is -0.384. The lowest BCUT2D eigenvalue weighted by Gasteiger charge is -2.28. The van der Waals surface area contributed by atoms with Crippen LogP contribution in [0.5, 0.6) is 0 Å². The summed E-state index contributed by atoms with van der Waals surface area (Å²) in [7, 11) is 0. The molecule has 2 saturated heterocycles. The quantitative estimate of drug-likeness (QED) is 0.355. The zero-order chi connectivity index (χ0) is 22.4. The molecule has 0 aliphatic carbocycles. The van der Waals surface area contributed by atoms with E-state index in [9.17, 15) is 19.7 Å². The Labute approximate surface area is 183 Å². The van der Waals surface area contributed by atoms with E-state index in [1.54, 1.807) is 42.7 Å². The number of hydrogen-bond donors (Lipinski definition) is 0. The molecule has 0 N–H and O–H groups in total. The Morgan fingerprint density at radius 2 is 1.69 bits per heavy atom. The molecule has 3 heterocycles. The Balaban J connectivity index is 1.58. The number of imide groups is 1. The molecule has 0 spiro atoms. The molecule has 0 bridgehead atoms. The van der Waals surface area contributed by atoms with E-state index in [4.69, 9.17) is 4.84 Å². The number of hydroxylamine groups is 1. The van der Waals surface area contributed by atoms with Crippen molar-refractivity contribution in [3.8, 4) is 0 Å². The summed E-state index contributed by atoms with van der Waals surface area (Å²) in [4.78, 5) is 48.7. The highest BCUT2D eigenvalue weighted by Gasteiger charge is 2.60. The fourth-order valence-electron chi connectivity index (χ4n) is 4.23. The number of aromatic nitrogens is 1. The van der Waals surface area contributed by atoms with E-state index in [-0.39, 0.29) is 11.6 Å². The molecule has 0 unspecified atom stereocenters. The fraction of sp³-hybridized carbons (Fsp3) is 0.174. The van der Waals surface area contributed by atoms with Gasteiger partial charge in [-0.25, -0.2) is 9.96 Å². The summed E-state index contributed by atoms with van der Waals surface area (Å²) in [6.07, 6.45) is 2.14. The topological polar surface area (TPSA) is 106 Å². The van der Waals surface area contributed by atoms with Crippen molar-refractivity contribution in [3.63, 3.8) is 0 Å². The number of amides is 2. The van der Waals surface area contributed by atoms with Crippen molar-refractivity contribution in [1.29, 1.82) is 0 Å². The van der Waals surface area contributed by atoms with Gasteiger partial charge in [0.2, 0.25) is 5.91 Å². The van der Waals surface area contributed by atoms with Crippen molar-refractivity contribution in [2.45, 2.75) is 19.1 Å². The number of aryl methyl sites for hydroxylation is 1. The highest BCUT2D eigenvalue weighted by Crippen LogP contribution is 2.47. The molecule has 9 heteroatoms. The normalized spacial score (nSPS) is 22.3. The van der Waals surface area contributed by atoms with Crippen LogP contribution >= 0.6 is 0 Å². The van der Waals surface area contributed by atoms with E-state index in [0.29, 0.717) is 16.9 Å². The predicted octanol–water partition coefficient (Wildman–Crippen LogP) is 3.35. The largest absolute Gasteiger partial charge is 0.273 e. The van der Waals surface area contributed by atoms with E-state index in [1.165, 1.54) is 23.3 Å². The van der Waals surface area contributed by atoms with E-state index in [1.807, 2.05) is 19.1 Å². The van der Waals surface area contributed by atoms with Gasteiger partial charge in [-0.05, 0) is 42.8 Å². The van der Waals surface area contributed by atoms with Crippen LogP contribution in [0.3, 0.4) is 0 Å². The number of nitrogens with zero attached hydrogens (tertiary/aromatic N) is 4. The number of non-ortho nitro benzene ring substituents is 1. The van der Waals surface area contributed by atoms with Crippen LogP contribution in [-0.2, 0) is 14.4 Å². The maximum absolute atomic E-state index is 13.5. The van der Waals surface area contributed by atoms with E-state index in [0.717, 1.165) is 10.5 Å². The summed E-state index contributed by atoms with van der Waals surface area (Å²) in [5.74, 6) is -1.65. The van der Waals surface area contributed by atoms with Crippen molar-refractivity contribution in [3.05, 3.63) is 94.3 Å². The second kappa shape index (κ2) is 7.54. The average Bonchev–Trinajstić information content (AvgIpc) is 3.31. The third-order valence-electron chi connectivity index (χ3n) is 5.75. The number of anilines is 2. The lowest BCUT2D eigenvalue weighted by Crippen LogP contribution is -2.37. The van der Waals surface area contributed by atoms with Crippen LogP contribution in [0.2, 0.25) is 0 Å². The molecule has 2 aliphatic rings. The molecule has 32 heavy (non-hydrogen) atoms. The van der Waals surface area contributed by atoms with Gasteiger partial charge in [0.15, 0.2) is 6.10 Å². The molecular formula is C23H18N4O5. The molecule has 160 valence electrons. The number of nitro benzene ring substituents is 1. The monoisotopic (exact) mass is 430 g/mol. The summed E-state index contributed by atoms with van der Waals surface area (Å²) >= 11 is 0. The number of benzene rings is 2. The third kappa shape index (κ3) is 3.10. The first-order valence-corrected chi connectivity index (χ1v) is 10.0. The number of rotatable bonds is 4. The SMILES string of the molecule is Cc1ccc(N2C(=O)[C@@H]3[C@H](ON(c4cccc([N+](=O)[O-])c4)[C@H]3c3ccncc3)C2=O)cc1. The second-order valence-corrected chi connectivity index (χ2v) is 7.73. The van der Waals surface area contributed by atoms with Crippen molar-refractivity contribution < 1.29 is 19.3 Å². The van der Waals surface area contributed by atoms with Gasteiger partial charge in [-0.1, -0.05) is 23.8 Å². The molecule has 1 aromatic heterocycles. The van der Waals surface area contributed by atoms with Crippen LogP contribution in [0, 0.1) is 23.0 Å². The van der Waals surface area contributed by atoms with Gasteiger partial charge >= 0.3 is 0 Å². The van der Waals surface area contributed by atoms with E-state index in [2.05, 4.69) is 4.98 Å². The number of fused-ring (bicyclic) bond motifs is 1. The average molecular weight is 430 g/mol. The summed E-state index contributed by atoms with van der Waals surface area (Å²) in [6, 6.07) is 15.9. The van der Waals surface area contributed by atoms with Crippen molar-refractivity contribution in [1.82, 2.24) is 4.98 Å². The molecule has 2 aromatic carbocycles. The summed E-state index contributed by atoms with van der Waals surface area (Å²) in [5.41, 5.74) is 2.48. The Kier molecular flexibility index (Phi) is 4.67. The van der Waals surface area contributed by atoms with Gasteiger partial charge in [0, 0.05) is 24.5 Å². The van der Waals surface area contributed by atoms with Crippen LogP contribution in [0.1, 0.15) is 17.2 Å². The van der Waals surface area contributed by atoms with Crippen molar-refractivity contribution >= 4 is 28.9 Å². The third-order valence-corrected chi connectivity index (χ3v) is 5.75. The van der Waals surface area contributed by atoms with Gasteiger partial charge in [0.05, 0.1) is 22.3 Å². The molecule has 0 radical (unpaired) electrons. The number of carbonyl (C=O) groups is 2. The number of hydrogen-bond acceptors (Lipinski definition) is 7. The molecular weight excluding hydrogens is 412 g/mol. The molecule has 3 atom stereocenters. The molecule has 2 fully saturated rings. The first-order valence-electron chi connectivity index (χ1n) is 10.0. The van der Waals surface area contributed by atoms with Gasteiger partial charge in [0.25, 0.3) is 11.6 Å². The smallest absolute Gasteiger partial charge is 0.271 e. The number of carbonyl (C=O) groups excluding carboxylic acids is 2. The zero-order valence-electron chi connectivity index (χ0n) is 17.0. The second-order valence-electron chi connectivity index (χ2n) is 7.73. The molecule has 2 amide bonds. The van der Waals surface area contributed by atoms with Crippen LogP contribution in [0.4, 0.5) is 17.1 Å². The minimum atomic E-state index is -1.04. The Morgan fingerprint density at radius 1 is 0.969 bits per heavy atom. The van der Waals surface area contributed by atoms with Gasteiger partial charge in [-0.3, -0.25) is 29.5 Å². The highest BCUT2D eigenvalue weighted by atomic mass is 16.7. The summed E-state index contributed by atoms with van der Waals surface area (Å²) in [5, 5.41) is 12.7. The minimum Gasteiger partial charge on any atom is -0.273 e. The predicted molar refractivity (Wildman–Crippen MR) is 115 cm³/mol. The van der Waals surface area contributed by atoms with Crippen molar-refractivity contribution in [2.24, 2.45) is 5.92 Å². The van der Waals surface area contributed by atoms with Crippen LogP contribution in [0.25, 0.3) is 0 Å². The first kappa shape index (κ1) is 19.8. The van der Waals surface area contributed by atoms with Gasteiger partial charge in [-0.2, -0.15) is 0 Å². The lowest BCUT2D eigenvalue weighted by atomic mass is 9.91. The zero-order valence-corrected chi connectivity index (χ0v) is 17.0. The van der Waals surface area contributed by atoms with E-state index >= 15 is 0 Å². The van der Waals surface area contributed by atoms with Crippen LogP contribution in [0.15, 0.2) is 73.1 Å². The van der Waals surface area contributed by atoms with Gasteiger partial charge in [-0.15, -0.1) is 0 Å². The number of nitro groups is 1. The molecule has 5 rings (SSSR count).